The Morgan fingerprint density at radius 2 is 1.75 bits per heavy atom. The Bertz CT molecular complexity index is 756. The number of ether oxygens (including phenoxy) is 5. The number of hydrogen-bond acceptors (Lipinski definition) is 7. The van der Waals surface area contributed by atoms with Crippen LogP contribution in [0, 0.1) is 11.8 Å². The second kappa shape index (κ2) is 18.3. The van der Waals surface area contributed by atoms with Crippen molar-refractivity contribution < 1.29 is 33.6 Å². The van der Waals surface area contributed by atoms with Crippen LogP contribution in [0.4, 0.5) is 0 Å². The van der Waals surface area contributed by atoms with E-state index < -0.39 is 11.7 Å². The molecular weight excluding hydrogens is 508 g/mol. The summed E-state index contributed by atoms with van der Waals surface area (Å²) in [5, 5.41) is 11.2. The molecule has 3 rings (SSSR count). The van der Waals surface area contributed by atoms with E-state index in [9.17, 15) is 9.90 Å². The van der Waals surface area contributed by atoms with Crippen LogP contribution < -0.4 is 0 Å². The van der Waals surface area contributed by atoms with E-state index in [1.54, 1.807) is 0 Å². The summed E-state index contributed by atoms with van der Waals surface area (Å²) in [5.41, 5.74) is -0.418. The van der Waals surface area contributed by atoms with Gasteiger partial charge in [0.1, 0.15) is 0 Å². The summed E-state index contributed by atoms with van der Waals surface area (Å²) in [6, 6.07) is 0. The van der Waals surface area contributed by atoms with Crippen LogP contribution >= 0.6 is 0 Å². The molecule has 3 aliphatic rings. The number of aliphatic hydroxyl groups excluding tert-OH is 1. The topological polar surface area (TPSA) is 83.5 Å². The highest BCUT2D eigenvalue weighted by Crippen LogP contribution is 2.41. The molecule has 0 amide bonds. The van der Waals surface area contributed by atoms with Crippen molar-refractivity contribution >= 4 is 5.97 Å². The predicted octanol–water partition coefficient (Wildman–Crippen LogP) is 7.01. The normalized spacial score (nSPS) is 31.1. The van der Waals surface area contributed by atoms with Crippen LogP contribution in [0.3, 0.4) is 0 Å². The van der Waals surface area contributed by atoms with E-state index in [1.165, 1.54) is 18.9 Å². The summed E-state index contributed by atoms with van der Waals surface area (Å²) in [6.45, 7) is 8.13. The molecule has 0 radical (unpaired) electrons. The average molecular weight is 565 g/mol. The Kier molecular flexibility index (Phi) is 15.2. The molecule has 7 nitrogen and oxygen atoms in total. The largest absolute Gasteiger partial charge is 0.463 e. The smallest absolute Gasteiger partial charge is 0.330 e. The number of hydrogen-bond donors (Lipinski definition) is 1. The minimum atomic E-state index is -0.418. The van der Waals surface area contributed by atoms with Crippen molar-refractivity contribution in [1.82, 2.24) is 0 Å². The maximum absolute atomic E-state index is 11.5. The van der Waals surface area contributed by atoms with Crippen LogP contribution in [0.25, 0.3) is 0 Å². The molecule has 3 fully saturated rings. The third-order valence-electron chi connectivity index (χ3n) is 8.54. The fraction of sp³-hybridized carbons (Fsp3) is 0.848. The van der Waals surface area contributed by atoms with Gasteiger partial charge in [0.25, 0.3) is 0 Å². The minimum absolute atomic E-state index is 0.0751. The summed E-state index contributed by atoms with van der Waals surface area (Å²) in [4.78, 5) is 11.5. The Hall–Kier alpha value is -1.25. The van der Waals surface area contributed by atoms with Crippen molar-refractivity contribution in [2.45, 2.75) is 147 Å². The van der Waals surface area contributed by atoms with Gasteiger partial charge < -0.3 is 28.8 Å². The molecule has 0 aromatic carbocycles. The maximum atomic E-state index is 11.5. The van der Waals surface area contributed by atoms with Crippen LogP contribution in [0.2, 0.25) is 0 Å². The summed E-state index contributed by atoms with van der Waals surface area (Å²) in [6.07, 6.45) is 22.1. The van der Waals surface area contributed by atoms with Crippen molar-refractivity contribution in [3.05, 3.63) is 24.3 Å². The van der Waals surface area contributed by atoms with E-state index >= 15 is 0 Å². The molecule has 1 saturated carbocycles. The molecule has 0 aromatic heterocycles. The number of unbranched alkanes of at least 4 members (excludes halogenated alkanes) is 4. The first-order valence-corrected chi connectivity index (χ1v) is 16.2. The van der Waals surface area contributed by atoms with Crippen molar-refractivity contribution in [1.29, 1.82) is 0 Å². The van der Waals surface area contributed by atoms with E-state index in [0.717, 1.165) is 90.3 Å². The molecule has 1 aliphatic carbocycles. The lowest BCUT2D eigenvalue weighted by molar-refractivity contribution is -0.208. The number of allylic oxidation sites excluding steroid dienone is 1. The molecular formula is C33H56O7. The zero-order chi connectivity index (χ0) is 28.6. The lowest BCUT2D eigenvalue weighted by Crippen LogP contribution is -2.36. The van der Waals surface area contributed by atoms with Gasteiger partial charge in [-0.25, -0.2) is 4.79 Å². The molecule has 7 heteroatoms. The molecule has 0 aromatic rings. The molecule has 3 unspecified atom stereocenters. The Morgan fingerprint density at radius 3 is 2.42 bits per heavy atom. The van der Waals surface area contributed by atoms with E-state index in [2.05, 4.69) is 26.0 Å². The van der Waals surface area contributed by atoms with Gasteiger partial charge >= 0.3 is 5.97 Å². The monoisotopic (exact) mass is 564 g/mol. The Balaban J connectivity index is 1.67. The summed E-state index contributed by atoms with van der Waals surface area (Å²) in [5.74, 6) is -0.0756. The van der Waals surface area contributed by atoms with E-state index in [4.69, 9.17) is 23.7 Å². The van der Waals surface area contributed by atoms with Crippen molar-refractivity contribution in [2.24, 2.45) is 11.8 Å². The van der Waals surface area contributed by atoms with Crippen LogP contribution in [-0.4, -0.2) is 61.3 Å². The predicted molar refractivity (Wildman–Crippen MR) is 157 cm³/mol. The lowest BCUT2D eigenvalue weighted by Gasteiger charge is -2.34. The quantitative estimate of drug-likeness (QED) is 0.0880. The van der Waals surface area contributed by atoms with Crippen LogP contribution in [0.5, 0.6) is 0 Å². The average Bonchev–Trinajstić information content (AvgIpc) is 3.24. The highest BCUT2D eigenvalue weighted by molar-refractivity contribution is 5.81. The molecule has 2 aliphatic heterocycles. The third kappa shape index (κ3) is 11.6. The van der Waals surface area contributed by atoms with Gasteiger partial charge in [-0.15, -0.1) is 0 Å². The Labute approximate surface area is 243 Å². The van der Waals surface area contributed by atoms with Gasteiger partial charge in [0.05, 0.1) is 24.4 Å². The summed E-state index contributed by atoms with van der Waals surface area (Å²) >= 11 is 0. The van der Waals surface area contributed by atoms with E-state index in [-0.39, 0.29) is 36.5 Å². The fourth-order valence-electron chi connectivity index (χ4n) is 6.25. The molecule has 2 saturated heterocycles. The molecule has 230 valence electrons. The first-order valence-electron chi connectivity index (χ1n) is 16.2. The molecule has 0 spiro atoms. The highest BCUT2D eigenvalue weighted by Gasteiger charge is 2.43. The number of carbonyl (C=O) groups excluding carboxylic acids is 1. The zero-order valence-corrected chi connectivity index (χ0v) is 25.4. The SMILES string of the molecule is CCCCCC(C)(/C=C/[C@@H]1[C@@H](CCCC/C=C/C(=O)OCC)[C@@H](O)C[C@H]1OC1CCCCO1)OC1CCCCO1. The summed E-state index contributed by atoms with van der Waals surface area (Å²) in [7, 11) is 0. The highest BCUT2D eigenvalue weighted by atomic mass is 16.7. The van der Waals surface area contributed by atoms with Gasteiger partial charge in [-0.1, -0.05) is 50.8 Å². The van der Waals surface area contributed by atoms with E-state index in [1.807, 2.05) is 13.0 Å². The van der Waals surface area contributed by atoms with Gasteiger partial charge in [-0.2, -0.15) is 0 Å². The molecule has 1 N–H and O–H groups in total. The maximum Gasteiger partial charge on any atom is 0.330 e. The summed E-state index contributed by atoms with van der Waals surface area (Å²) < 4.78 is 30.0. The lowest BCUT2D eigenvalue weighted by atomic mass is 9.86. The molecule has 40 heavy (non-hydrogen) atoms. The van der Waals surface area contributed by atoms with Crippen molar-refractivity contribution in [3.63, 3.8) is 0 Å². The first-order chi connectivity index (χ1) is 19.4. The van der Waals surface area contributed by atoms with Gasteiger partial charge in [-0.05, 0) is 84.0 Å². The van der Waals surface area contributed by atoms with Crippen LogP contribution in [0.15, 0.2) is 24.3 Å². The number of aliphatic hydroxyl groups is 1. The van der Waals surface area contributed by atoms with Crippen molar-refractivity contribution in [3.8, 4) is 0 Å². The van der Waals surface area contributed by atoms with Crippen LogP contribution in [0.1, 0.15) is 117 Å². The Morgan fingerprint density at radius 1 is 1.00 bits per heavy atom. The zero-order valence-electron chi connectivity index (χ0n) is 25.4. The van der Waals surface area contributed by atoms with Gasteiger partial charge in [0, 0.05) is 31.6 Å². The number of carbonyl (C=O) groups is 1. The van der Waals surface area contributed by atoms with Gasteiger partial charge in [0.2, 0.25) is 0 Å². The fourth-order valence-corrected chi connectivity index (χ4v) is 6.25. The number of rotatable bonds is 17. The molecule has 2 heterocycles. The molecule has 7 atom stereocenters. The standard InChI is InChI=1S/C33H56O7/c1-4-6-13-21-33(3,40-32-19-12-15-24-38-32)22-20-27-26(16-9-7-8-10-17-30(35)36-5-2)28(34)25-29(27)39-31-18-11-14-23-37-31/h10,17,20,22,26-29,31-32,34H,4-9,11-16,18-19,21,23-25H2,1-3H3/b17-10+,22-20+/t26-,27-,28+,29-,31?,32?,33?/m1/s1. The second-order valence-electron chi connectivity index (χ2n) is 12.0. The van der Waals surface area contributed by atoms with E-state index in [0.29, 0.717) is 13.0 Å². The van der Waals surface area contributed by atoms with Gasteiger partial charge in [-0.3, -0.25) is 0 Å². The van der Waals surface area contributed by atoms with Crippen molar-refractivity contribution in [2.75, 3.05) is 19.8 Å². The number of esters is 1. The van der Waals surface area contributed by atoms with Gasteiger partial charge in [0.15, 0.2) is 12.6 Å². The second-order valence-corrected chi connectivity index (χ2v) is 12.0. The minimum Gasteiger partial charge on any atom is -0.463 e. The van der Waals surface area contributed by atoms with Crippen LogP contribution in [-0.2, 0) is 28.5 Å². The molecule has 0 bridgehead atoms. The third-order valence-corrected chi connectivity index (χ3v) is 8.54. The first kappa shape index (κ1) is 33.3.